The van der Waals surface area contributed by atoms with Crippen LogP contribution in [0, 0.1) is 11.8 Å². The van der Waals surface area contributed by atoms with E-state index in [1.807, 2.05) is 6.20 Å². The molecule has 1 aliphatic rings. The van der Waals surface area contributed by atoms with Crippen molar-refractivity contribution in [1.29, 1.82) is 0 Å². The van der Waals surface area contributed by atoms with Crippen LogP contribution in [0.5, 0.6) is 0 Å². The van der Waals surface area contributed by atoms with Crippen molar-refractivity contribution in [3.05, 3.63) is 28.5 Å². The summed E-state index contributed by atoms with van der Waals surface area (Å²) in [6.07, 6.45) is 8.89. The van der Waals surface area contributed by atoms with Crippen LogP contribution in [0.15, 0.2) is 22.8 Å². The molecule has 18 heavy (non-hydrogen) atoms. The van der Waals surface area contributed by atoms with Crippen LogP contribution in [0.2, 0.25) is 0 Å². The molecule has 2 nitrogen and oxygen atoms in total. The first-order valence-electron chi connectivity index (χ1n) is 7.09. The predicted octanol–water partition coefficient (Wildman–Crippen LogP) is 4.15. The van der Waals surface area contributed by atoms with Crippen LogP contribution in [-0.4, -0.2) is 11.5 Å². The molecule has 0 spiro atoms. The maximum absolute atomic E-state index is 4.38. The van der Waals surface area contributed by atoms with Crippen molar-refractivity contribution in [2.75, 3.05) is 6.54 Å². The van der Waals surface area contributed by atoms with Crippen LogP contribution in [0.1, 0.15) is 44.7 Å². The van der Waals surface area contributed by atoms with Crippen LogP contribution >= 0.6 is 15.9 Å². The van der Waals surface area contributed by atoms with Crippen molar-refractivity contribution in [2.45, 2.75) is 45.6 Å². The van der Waals surface area contributed by atoms with Gasteiger partial charge in [0.15, 0.2) is 0 Å². The third-order valence-electron chi connectivity index (χ3n) is 4.07. The molecule has 0 radical (unpaired) electrons. The third-order valence-corrected chi connectivity index (χ3v) is 4.54. The number of hydrogen-bond acceptors (Lipinski definition) is 2. The highest BCUT2D eigenvalue weighted by Crippen LogP contribution is 2.30. The number of nitrogens with zero attached hydrogens (tertiary/aromatic N) is 1. The predicted molar refractivity (Wildman–Crippen MR) is 79.4 cm³/mol. The van der Waals surface area contributed by atoms with E-state index in [-0.39, 0.29) is 0 Å². The fourth-order valence-electron chi connectivity index (χ4n) is 2.76. The largest absolute Gasteiger partial charge is 0.311 e. The fraction of sp³-hybridized carbons (Fsp3) is 0.667. The molecule has 0 amide bonds. The highest BCUT2D eigenvalue weighted by atomic mass is 79.9. The van der Waals surface area contributed by atoms with Crippen molar-refractivity contribution in [3.63, 3.8) is 0 Å². The van der Waals surface area contributed by atoms with Crippen molar-refractivity contribution in [2.24, 2.45) is 11.8 Å². The molecule has 1 aliphatic carbocycles. The average Bonchev–Trinajstić information content (AvgIpc) is 2.42. The molecule has 0 bridgehead atoms. The summed E-state index contributed by atoms with van der Waals surface area (Å²) in [5.41, 5.74) is 1.13. The van der Waals surface area contributed by atoms with Crippen LogP contribution in [0.3, 0.4) is 0 Å². The Bertz CT molecular complexity index is 342. The molecule has 0 aromatic carbocycles. The van der Waals surface area contributed by atoms with Crippen molar-refractivity contribution >= 4 is 15.9 Å². The van der Waals surface area contributed by atoms with E-state index in [0.717, 1.165) is 35.1 Å². The van der Waals surface area contributed by atoms with Crippen molar-refractivity contribution in [1.82, 2.24) is 10.3 Å². The number of pyridine rings is 1. The van der Waals surface area contributed by atoms with Gasteiger partial charge in [-0.1, -0.05) is 26.2 Å². The van der Waals surface area contributed by atoms with Gasteiger partial charge >= 0.3 is 0 Å². The number of hydrogen-bond donors (Lipinski definition) is 1. The molecular formula is C15H23BrN2. The van der Waals surface area contributed by atoms with Gasteiger partial charge in [-0.3, -0.25) is 4.98 Å². The lowest BCUT2D eigenvalue weighted by Gasteiger charge is -2.27. The minimum absolute atomic E-state index is 0.878. The molecule has 3 heteroatoms. The molecule has 1 fully saturated rings. The van der Waals surface area contributed by atoms with E-state index in [4.69, 9.17) is 0 Å². The maximum atomic E-state index is 4.38. The van der Waals surface area contributed by atoms with Gasteiger partial charge in [-0.15, -0.1) is 0 Å². The molecule has 0 saturated heterocycles. The van der Waals surface area contributed by atoms with E-state index in [1.54, 1.807) is 0 Å². The van der Waals surface area contributed by atoms with Gasteiger partial charge in [-0.05, 0) is 59.3 Å². The summed E-state index contributed by atoms with van der Waals surface area (Å²) >= 11 is 3.41. The topological polar surface area (TPSA) is 24.9 Å². The number of rotatable bonds is 5. The Morgan fingerprint density at radius 1 is 1.22 bits per heavy atom. The normalized spacial score (nSPS) is 24.1. The summed E-state index contributed by atoms with van der Waals surface area (Å²) in [4.78, 5) is 4.38. The summed E-state index contributed by atoms with van der Waals surface area (Å²) in [6.45, 7) is 4.36. The van der Waals surface area contributed by atoms with Crippen LogP contribution < -0.4 is 5.32 Å². The Morgan fingerprint density at radius 2 is 1.94 bits per heavy atom. The smallest absolute Gasteiger partial charge is 0.0542 e. The maximum Gasteiger partial charge on any atom is 0.0542 e. The zero-order valence-electron chi connectivity index (χ0n) is 11.2. The molecule has 1 heterocycles. The van der Waals surface area contributed by atoms with Crippen LogP contribution in [0.4, 0.5) is 0 Å². The molecule has 2 rings (SSSR count). The van der Waals surface area contributed by atoms with E-state index < -0.39 is 0 Å². The molecule has 100 valence electrons. The highest BCUT2D eigenvalue weighted by molar-refractivity contribution is 9.10. The quantitative estimate of drug-likeness (QED) is 0.883. The van der Waals surface area contributed by atoms with E-state index in [9.17, 15) is 0 Å². The standard InChI is InChI=1S/C15H23BrN2/c1-2-12-3-5-13(6-4-12)9-17-11-15-8-7-14(16)10-18-15/h7-8,10,12-13,17H,2-6,9,11H2,1H3. The van der Waals surface area contributed by atoms with E-state index in [2.05, 4.69) is 45.3 Å². The monoisotopic (exact) mass is 310 g/mol. The lowest BCUT2D eigenvalue weighted by atomic mass is 9.81. The molecule has 1 N–H and O–H groups in total. The Labute approximate surface area is 119 Å². The van der Waals surface area contributed by atoms with Gasteiger partial charge in [0.05, 0.1) is 5.69 Å². The first-order chi connectivity index (χ1) is 8.78. The minimum Gasteiger partial charge on any atom is -0.311 e. The Hall–Kier alpha value is -0.410. The molecule has 1 aromatic rings. The second kappa shape index (κ2) is 7.25. The molecular weight excluding hydrogens is 288 g/mol. The van der Waals surface area contributed by atoms with Gasteiger partial charge in [0, 0.05) is 17.2 Å². The first kappa shape index (κ1) is 14.0. The van der Waals surface area contributed by atoms with Gasteiger partial charge in [0.2, 0.25) is 0 Å². The zero-order chi connectivity index (χ0) is 12.8. The molecule has 0 unspecified atom stereocenters. The lowest BCUT2D eigenvalue weighted by molar-refractivity contribution is 0.262. The van der Waals surface area contributed by atoms with Gasteiger partial charge in [-0.2, -0.15) is 0 Å². The Kier molecular flexibility index (Phi) is 5.64. The van der Waals surface area contributed by atoms with E-state index in [1.165, 1.54) is 32.1 Å². The lowest BCUT2D eigenvalue weighted by Crippen LogP contribution is -2.26. The third kappa shape index (κ3) is 4.36. The summed E-state index contributed by atoms with van der Waals surface area (Å²) < 4.78 is 1.05. The SMILES string of the molecule is CCC1CCC(CNCc2ccc(Br)cn2)CC1. The molecule has 0 aliphatic heterocycles. The number of halogens is 1. The molecule has 1 aromatic heterocycles. The highest BCUT2D eigenvalue weighted by Gasteiger charge is 2.19. The summed E-state index contributed by atoms with van der Waals surface area (Å²) in [5.74, 6) is 1.87. The van der Waals surface area contributed by atoms with Gasteiger partial charge < -0.3 is 5.32 Å². The van der Waals surface area contributed by atoms with Crippen molar-refractivity contribution in [3.8, 4) is 0 Å². The van der Waals surface area contributed by atoms with Gasteiger partial charge in [-0.25, -0.2) is 0 Å². The molecule has 1 saturated carbocycles. The second-order valence-electron chi connectivity index (χ2n) is 5.39. The molecule has 0 atom stereocenters. The zero-order valence-corrected chi connectivity index (χ0v) is 12.7. The van der Waals surface area contributed by atoms with E-state index in [0.29, 0.717) is 0 Å². The van der Waals surface area contributed by atoms with Crippen molar-refractivity contribution < 1.29 is 0 Å². The van der Waals surface area contributed by atoms with Crippen LogP contribution in [-0.2, 0) is 6.54 Å². The minimum atomic E-state index is 0.878. The summed E-state index contributed by atoms with van der Waals surface area (Å²) in [6, 6.07) is 4.13. The van der Waals surface area contributed by atoms with Crippen LogP contribution in [0.25, 0.3) is 0 Å². The summed E-state index contributed by atoms with van der Waals surface area (Å²) in [7, 11) is 0. The second-order valence-corrected chi connectivity index (χ2v) is 6.31. The average molecular weight is 311 g/mol. The Morgan fingerprint density at radius 3 is 2.56 bits per heavy atom. The fourth-order valence-corrected chi connectivity index (χ4v) is 2.99. The Balaban J connectivity index is 1.65. The van der Waals surface area contributed by atoms with Gasteiger partial charge in [0.25, 0.3) is 0 Å². The number of aromatic nitrogens is 1. The van der Waals surface area contributed by atoms with Gasteiger partial charge in [0.1, 0.15) is 0 Å². The first-order valence-corrected chi connectivity index (χ1v) is 7.88. The number of nitrogens with one attached hydrogen (secondary N) is 1. The van der Waals surface area contributed by atoms with E-state index >= 15 is 0 Å². The summed E-state index contributed by atoms with van der Waals surface area (Å²) in [5, 5.41) is 3.55.